The molecular formula is C20H20BrN7. The summed E-state index contributed by atoms with van der Waals surface area (Å²) in [5.74, 6) is 0.995. The van der Waals surface area contributed by atoms with Crippen LogP contribution >= 0.6 is 15.9 Å². The van der Waals surface area contributed by atoms with Crippen molar-refractivity contribution in [2.75, 3.05) is 18.0 Å². The Hall–Kier alpha value is -2.74. The third-order valence-electron chi connectivity index (χ3n) is 5.17. The van der Waals surface area contributed by atoms with Gasteiger partial charge in [0.05, 0.1) is 33.8 Å². The Bertz CT molecular complexity index is 1140. The molecule has 0 saturated carbocycles. The number of aryl methyl sites for hydroxylation is 1. The molecule has 1 saturated heterocycles. The molecule has 0 aliphatic carbocycles. The van der Waals surface area contributed by atoms with E-state index in [2.05, 4.69) is 53.2 Å². The minimum Gasteiger partial charge on any atom is -0.356 e. The molecule has 0 radical (unpaired) electrons. The van der Waals surface area contributed by atoms with Crippen LogP contribution in [-0.4, -0.2) is 43.0 Å². The lowest BCUT2D eigenvalue weighted by atomic mass is 10.1. The van der Waals surface area contributed by atoms with E-state index in [1.54, 1.807) is 4.68 Å². The summed E-state index contributed by atoms with van der Waals surface area (Å²) in [6, 6.07) is 6.13. The van der Waals surface area contributed by atoms with Gasteiger partial charge in [0.2, 0.25) is 0 Å². The van der Waals surface area contributed by atoms with E-state index in [1.807, 2.05) is 31.7 Å². The van der Waals surface area contributed by atoms with Gasteiger partial charge in [0.15, 0.2) is 0 Å². The number of rotatable bonds is 3. The molecule has 1 aliphatic rings. The van der Waals surface area contributed by atoms with E-state index in [9.17, 15) is 0 Å². The third-order valence-corrected chi connectivity index (χ3v) is 5.79. The van der Waals surface area contributed by atoms with E-state index >= 15 is 0 Å². The fourth-order valence-electron chi connectivity index (χ4n) is 3.71. The van der Waals surface area contributed by atoms with Crippen molar-refractivity contribution < 1.29 is 0 Å². The number of hydrogen-bond acceptors (Lipinski definition) is 5. The number of halogens is 1. The van der Waals surface area contributed by atoms with Gasteiger partial charge in [-0.15, -0.1) is 0 Å². The minimum absolute atomic E-state index is 0.841. The smallest absolute Gasteiger partial charge is 0.143 e. The molecule has 0 atom stereocenters. The molecule has 0 spiro atoms. The number of fused-ring (bicyclic) bond motifs is 1. The second kappa shape index (κ2) is 7.01. The van der Waals surface area contributed by atoms with Crippen molar-refractivity contribution in [1.29, 1.82) is 0 Å². The Kier molecular flexibility index (Phi) is 4.35. The van der Waals surface area contributed by atoms with Crippen LogP contribution in [0.15, 0.2) is 41.3 Å². The van der Waals surface area contributed by atoms with E-state index < -0.39 is 0 Å². The Morgan fingerprint density at radius 1 is 1.07 bits per heavy atom. The molecule has 1 fully saturated rings. The first-order valence-electron chi connectivity index (χ1n) is 9.44. The van der Waals surface area contributed by atoms with Crippen molar-refractivity contribution in [3.63, 3.8) is 0 Å². The topological polar surface area (TPSA) is 75.5 Å². The Labute approximate surface area is 170 Å². The van der Waals surface area contributed by atoms with Crippen LogP contribution in [0.5, 0.6) is 0 Å². The van der Waals surface area contributed by atoms with E-state index in [1.165, 1.54) is 19.3 Å². The lowest BCUT2D eigenvalue weighted by Gasteiger charge is -2.28. The summed E-state index contributed by atoms with van der Waals surface area (Å²) >= 11 is 3.67. The summed E-state index contributed by atoms with van der Waals surface area (Å²) in [5.41, 5.74) is 4.45. The fraction of sp³-hybridized carbons (Fsp3) is 0.300. The van der Waals surface area contributed by atoms with Crippen LogP contribution < -0.4 is 4.90 Å². The monoisotopic (exact) mass is 437 g/mol. The molecule has 8 heteroatoms. The van der Waals surface area contributed by atoms with Crippen molar-refractivity contribution in [3.05, 3.63) is 41.3 Å². The van der Waals surface area contributed by atoms with E-state index in [-0.39, 0.29) is 0 Å². The summed E-state index contributed by atoms with van der Waals surface area (Å²) in [7, 11) is 1.90. The first kappa shape index (κ1) is 17.4. The van der Waals surface area contributed by atoms with Gasteiger partial charge in [0.25, 0.3) is 0 Å². The SMILES string of the molecule is Cn1cc(-c2cc3c(-c4ccc(Br)c(N5CCCCC5)n4)n[nH]c3cn2)cn1. The number of aromatic amines is 1. The van der Waals surface area contributed by atoms with Crippen LogP contribution in [0.1, 0.15) is 19.3 Å². The predicted octanol–water partition coefficient (Wildman–Crippen LogP) is 4.17. The number of pyridine rings is 2. The van der Waals surface area contributed by atoms with Crippen molar-refractivity contribution >= 4 is 32.7 Å². The second-order valence-electron chi connectivity index (χ2n) is 7.14. The molecule has 5 rings (SSSR count). The van der Waals surface area contributed by atoms with Crippen molar-refractivity contribution in [2.45, 2.75) is 19.3 Å². The zero-order chi connectivity index (χ0) is 19.1. The first-order chi connectivity index (χ1) is 13.7. The molecule has 0 aromatic carbocycles. The lowest BCUT2D eigenvalue weighted by molar-refractivity contribution is 0.573. The molecule has 1 N–H and O–H groups in total. The Balaban J connectivity index is 1.59. The highest BCUT2D eigenvalue weighted by Crippen LogP contribution is 2.33. The maximum atomic E-state index is 4.95. The van der Waals surface area contributed by atoms with E-state index in [0.29, 0.717) is 0 Å². The molecule has 5 heterocycles. The van der Waals surface area contributed by atoms with Gasteiger partial charge in [-0.2, -0.15) is 10.2 Å². The van der Waals surface area contributed by atoms with Crippen LogP contribution in [0.3, 0.4) is 0 Å². The maximum Gasteiger partial charge on any atom is 0.143 e. The van der Waals surface area contributed by atoms with Crippen LogP contribution in [-0.2, 0) is 7.05 Å². The summed E-state index contributed by atoms with van der Waals surface area (Å²) in [6.45, 7) is 2.09. The van der Waals surface area contributed by atoms with Crippen molar-refractivity contribution in [2.24, 2.45) is 7.05 Å². The quantitative estimate of drug-likeness (QED) is 0.520. The largest absolute Gasteiger partial charge is 0.356 e. The molecule has 28 heavy (non-hydrogen) atoms. The number of nitrogens with one attached hydrogen (secondary N) is 1. The third kappa shape index (κ3) is 3.07. The summed E-state index contributed by atoms with van der Waals surface area (Å²) in [5, 5.41) is 12.9. The van der Waals surface area contributed by atoms with Crippen molar-refractivity contribution in [1.82, 2.24) is 29.9 Å². The van der Waals surface area contributed by atoms with Crippen LogP contribution in [0.2, 0.25) is 0 Å². The zero-order valence-electron chi connectivity index (χ0n) is 15.6. The molecule has 0 amide bonds. The molecule has 0 unspecified atom stereocenters. The van der Waals surface area contributed by atoms with Gasteiger partial charge in [-0.25, -0.2) is 4.98 Å². The number of aromatic nitrogens is 6. The van der Waals surface area contributed by atoms with Gasteiger partial charge < -0.3 is 4.90 Å². The van der Waals surface area contributed by atoms with Gasteiger partial charge in [-0.3, -0.25) is 14.8 Å². The molecular weight excluding hydrogens is 418 g/mol. The summed E-state index contributed by atoms with van der Waals surface area (Å²) < 4.78 is 2.80. The highest BCUT2D eigenvalue weighted by Gasteiger charge is 2.18. The van der Waals surface area contributed by atoms with Crippen molar-refractivity contribution in [3.8, 4) is 22.6 Å². The number of piperidine rings is 1. The van der Waals surface area contributed by atoms with E-state index in [0.717, 1.165) is 56.9 Å². The fourth-order valence-corrected chi connectivity index (χ4v) is 4.19. The number of nitrogens with zero attached hydrogens (tertiary/aromatic N) is 6. The van der Waals surface area contributed by atoms with Crippen LogP contribution in [0, 0.1) is 0 Å². The molecule has 0 bridgehead atoms. The average molecular weight is 438 g/mol. The zero-order valence-corrected chi connectivity index (χ0v) is 17.1. The molecule has 4 aromatic rings. The number of anilines is 1. The highest BCUT2D eigenvalue weighted by molar-refractivity contribution is 9.10. The van der Waals surface area contributed by atoms with Gasteiger partial charge in [0, 0.05) is 37.3 Å². The maximum absolute atomic E-state index is 4.95. The predicted molar refractivity (Wildman–Crippen MR) is 113 cm³/mol. The Morgan fingerprint density at radius 3 is 2.71 bits per heavy atom. The van der Waals surface area contributed by atoms with Gasteiger partial charge in [-0.05, 0) is 53.4 Å². The Morgan fingerprint density at radius 2 is 1.93 bits per heavy atom. The summed E-state index contributed by atoms with van der Waals surface area (Å²) in [6.07, 6.45) is 9.31. The first-order valence-corrected chi connectivity index (χ1v) is 10.2. The lowest BCUT2D eigenvalue weighted by Crippen LogP contribution is -2.30. The highest BCUT2D eigenvalue weighted by atomic mass is 79.9. The standard InChI is InChI=1S/C20H20BrN7/c1-27-12-13(10-23-27)17-9-14-18(11-22-17)25-26-19(14)16-6-5-15(21)20(24-16)28-7-3-2-4-8-28/h5-6,9-12H,2-4,7-8H2,1H3,(H,25,26). The molecule has 1 aliphatic heterocycles. The average Bonchev–Trinajstić information content (AvgIpc) is 3.35. The van der Waals surface area contributed by atoms with Gasteiger partial charge in [0.1, 0.15) is 11.5 Å². The van der Waals surface area contributed by atoms with Gasteiger partial charge >= 0.3 is 0 Å². The molecule has 7 nitrogen and oxygen atoms in total. The molecule has 4 aromatic heterocycles. The number of H-pyrrole nitrogens is 1. The number of hydrogen-bond donors (Lipinski definition) is 1. The van der Waals surface area contributed by atoms with E-state index in [4.69, 9.17) is 4.98 Å². The van der Waals surface area contributed by atoms with Gasteiger partial charge in [-0.1, -0.05) is 0 Å². The van der Waals surface area contributed by atoms with Crippen LogP contribution in [0.4, 0.5) is 5.82 Å². The minimum atomic E-state index is 0.841. The molecule has 142 valence electrons. The van der Waals surface area contributed by atoms with Crippen LogP contribution in [0.25, 0.3) is 33.5 Å². The normalized spacial score (nSPS) is 14.7. The summed E-state index contributed by atoms with van der Waals surface area (Å²) in [4.78, 5) is 11.9. The second-order valence-corrected chi connectivity index (χ2v) is 7.99.